The summed E-state index contributed by atoms with van der Waals surface area (Å²) in [5.41, 5.74) is 0.241. The Hall–Kier alpha value is -1.85. The number of benzene rings is 1. The molecular formula is C19H25NO4. The second-order valence-corrected chi connectivity index (χ2v) is 6.17. The van der Waals surface area contributed by atoms with Crippen LogP contribution in [0.3, 0.4) is 0 Å². The average molecular weight is 331 g/mol. The van der Waals surface area contributed by atoms with Crippen LogP contribution in [0.15, 0.2) is 39.5 Å². The molecular weight excluding hydrogens is 306 g/mol. The molecule has 1 fully saturated rings. The van der Waals surface area contributed by atoms with Gasteiger partial charge < -0.3 is 13.9 Å². The predicted molar refractivity (Wildman–Crippen MR) is 93.7 cm³/mol. The normalized spacial score (nSPS) is 15.7. The maximum absolute atomic E-state index is 11.3. The van der Waals surface area contributed by atoms with Crippen LogP contribution < -0.4 is 10.4 Å². The van der Waals surface area contributed by atoms with Crippen molar-refractivity contribution in [3.63, 3.8) is 0 Å². The largest absolute Gasteiger partial charge is 0.493 e. The zero-order valence-corrected chi connectivity index (χ0v) is 14.0. The van der Waals surface area contributed by atoms with Gasteiger partial charge in [-0.05, 0) is 37.6 Å². The molecule has 0 bridgehead atoms. The number of hydrogen-bond acceptors (Lipinski definition) is 5. The minimum Gasteiger partial charge on any atom is -0.493 e. The molecule has 0 N–H and O–H groups in total. The molecule has 24 heavy (non-hydrogen) atoms. The van der Waals surface area contributed by atoms with Crippen LogP contribution in [0, 0.1) is 0 Å². The topological polar surface area (TPSA) is 51.9 Å². The summed E-state index contributed by atoms with van der Waals surface area (Å²) < 4.78 is 16.3. The van der Waals surface area contributed by atoms with Crippen molar-refractivity contribution in [3.05, 3.63) is 40.8 Å². The summed E-state index contributed by atoms with van der Waals surface area (Å²) in [4.78, 5) is 13.7. The van der Waals surface area contributed by atoms with E-state index in [4.69, 9.17) is 13.9 Å². The first-order valence-electron chi connectivity index (χ1n) is 8.78. The third kappa shape index (κ3) is 5.08. The third-order valence-electron chi connectivity index (χ3n) is 4.34. The summed E-state index contributed by atoms with van der Waals surface area (Å²) in [5.74, 6) is 0.755. The van der Waals surface area contributed by atoms with E-state index in [1.54, 1.807) is 12.1 Å². The van der Waals surface area contributed by atoms with Gasteiger partial charge in [-0.25, -0.2) is 4.79 Å². The van der Waals surface area contributed by atoms with E-state index >= 15 is 0 Å². The van der Waals surface area contributed by atoms with Gasteiger partial charge in [0.25, 0.3) is 0 Å². The van der Waals surface area contributed by atoms with Crippen molar-refractivity contribution in [1.82, 2.24) is 4.90 Å². The van der Waals surface area contributed by atoms with Crippen LogP contribution in [0.5, 0.6) is 5.75 Å². The molecule has 0 radical (unpaired) electrons. The first kappa shape index (κ1) is 17.0. The number of hydrogen-bond donors (Lipinski definition) is 0. The Morgan fingerprint density at radius 2 is 1.79 bits per heavy atom. The molecule has 1 aliphatic rings. The molecule has 1 aromatic carbocycles. The standard InChI is InChI=1S/C19H25NO4/c21-19-8-6-16-5-7-17(15-18(16)24-19)23-12-4-2-1-3-9-20-10-13-22-14-11-20/h5-8,15H,1-4,9-14H2. The molecule has 0 spiro atoms. The lowest BCUT2D eigenvalue weighted by Crippen LogP contribution is -2.36. The van der Waals surface area contributed by atoms with E-state index in [1.165, 1.54) is 31.9 Å². The Morgan fingerprint density at radius 3 is 2.67 bits per heavy atom. The monoisotopic (exact) mass is 331 g/mol. The lowest BCUT2D eigenvalue weighted by molar-refractivity contribution is 0.0371. The van der Waals surface area contributed by atoms with Gasteiger partial charge in [0, 0.05) is 30.6 Å². The molecule has 0 amide bonds. The Balaban J connectivity index is 1.32. The highest BCUT2D eigenvalue weighted by molar-refractivity contribution is 5.77. The molecule has 5 nitrogen and oxygen atoms in total. The second-order valence-electron chi connectivity index (χ2n) is 6.17. The molecule has 1 aromatic heterocycles. The SMILES string of the molecule is O=c1ccc2ccc(OCCCCCCN3CCOCC3)cc2o1. The Kier molecular flexibility index (Phi) is 6.26. The first-order valence-corrected chi connectivity index (χ1v) is 8.78. The number of ether oxygens (including phenoxy) is 2. The van der Waals surface area contributed by atoms with Crippen molar-refractivity contribution >= 4 is 11.0 Å². The maximum Gasteiger partial charge on any atom is 0.336 e. The highest BCUT2D eigenvalue weighted by Crippen LogP contribution is 2.19. The van der Waals surface area contributed by atoms with E-state index in [-0.39, 0.29) is 5.63 Å². The van der Waals surface area contributed by atoms with Gasteiger partial charge in [-0.2, -0.15) is 0 Å². The molecule has 2 heterocycles. The number of morpholine rings is 1. The number of rotatable bonds is 8. The molecule has 0 saturated carbocycles. The summed E-state index contributed by atoms with van der Waals surface area (Å²) >= 11 is 0. The molecule has 1 saturated heterocycles. The number of nitrogens with zero attached hydrogens (tertiary/aromatic N) is 1. The third-order valence-corrected chi connectivity index (χ3v) is 4.34. The van der Waals surface area contributed by atoms with Crippen molar-refractivity contribution in [2.24, 2.45) is 0 Å². The molecule has 3 rings (SSSR count). The van der Waals surface area contributed by atoms with Gasteiger partial charge in [-0.1, -0.05) is 12.8 Å². The molecule has 0 atom stereocenters. The van der Waals surface area contributed by atoms with E-state index in [2.05, 4.69) is 4.90 Å². The van der Waals surface area contributed by atoms with Gasteiger partial charge in [0.05, 0.1) is 19.8 Å². The van der Waals surface area contributed by atoms with Crippen LogP contribution in [0.4, 0.5) is 0 Å². The predicted octanol–water partition coefficient (Wildman–Crippen LogP) is 3.06. The Morgan fingerprint density at radius 1 is 1.00 bits per heavy atom. The maximum atomic E-state index is 11.3. The van der Waals surface area contributed by atoms with Crippen molar-refractivity contribution < 1.29 is 13.9 Å². The van der Waals surface area contributed by atoms with Crippen molar-refractivity contribution in [2.75, 3.05) is 39.5 Å². The summed E-state index contributed by atoms with van der Waals surface area (Å²) in [7, 11) is 0. The lowest BCUT2D eigenvalue weighted by Gasteiger charge is -2.26. The highest BCUT2D eigenvalue weighted by atomic mass is 16.5. The number of unbranched alkanes of at least 4 members (excludes halogenated alkanes) is 3. The minimum atomic E-state index is -0.333. The van der Waals surface area contributed by atoms with E-state index < -0.39 is 0 Å². The highest BCUT2D eigenvalue weighted by Gasteiger charge is 2.08. The second kappa shape index (κ2) is 8.85. The van der Waals surface area contributed by atoms with Gasteiger partial charge >= 0.3 is 5.63 Å². The van der Waals surface area contributed by atoms with Crippen LogP contribution >= 0.6 is 0 Å². The van der Waals surface area contributed by atoms with E-state index in [1.807, 2.05) is 12.1 Å². The summed E-state index contributed by atoms with van der Waals surface area (Å²) in [6.45, 7) is 5.76. The minimum absolute atomic E-state index is 0.333. The quantitative estimate of drug-likeness (QED) is 0.550. The van der Waals surface area contributed by atoms with Gasteiger partial charge in [-0.15, -0.1) is 0 Å². The summed E-state index contributed by atoms with van der Waals surface area (Å²) in [6.07, 6.45) is 4.68. The Bertz CT molecular complexity index is 691. The van der Waals surface area contributed by atoms with Crippen LogP contribution in [0.1, 0.15) is 25.7 Å². The fourth-order valence-corrected chi connectivity index (χ4v) is 2.94. The van der Waals surface area contributed by atoms with Gasteiger partial charge in [0.15, 0.2) is 0 Å². The summed E-state index contributed by atoms with van der Waals surface area (Å²) in [6, 6.07) is 8.81. The lowest BCUT2D eigenvalue weighted by atomic mass is 10.2. The fraction of sp³-hybridized carbons (Fsp3) is 0.526. The van der Waals surface area contributed by atoms with E-state index in [0.717, 1.165) is 43.9 Å². The smallest absolute Gasteiger partial charge is 0.336 e. The van der Waals surface area contributed by atoms with Gasteiger partial charge in [0.1, 0.15) is 11.3 Å². The zero-order valence-electron chi connectivity index (χ0n) is 14.0. The van der Waals surface area contributed by atoms with Crippen LogP contribution in [-0.2, 0) is 4.74 Å². The zero-order chi connectivity index (χ0) is 16.6. The van der Waals surface area contributed by atoms with Crippen LogP contribution in [-0.4, -0.2) is 44.4 Å². The molecule has 0 unspecified atom stereocenters. The molecule has 130 valence electrons. The Labute approximate surface area is 142 Å². The molecule has 0 aliphatic carbocycles. The van der Waals surface area contributed by atoms with Gasteiger partial charge in [0.2, 0.25) is 0 Å². The van der Waals surface area contributed by atoms with E-state index in [9.17, 15) is 4.79 Å². The van der Waals surface area contributed by atoms with Crippen LogP contribution in [0.2, 0.25) is 0 Å². The number of fused-ring (bicyclic) bond motifs is 1. The molecule has 5 heteroatoms. The average Bonchev–Trinajstić information content (AvgIpc) is 2.61. The van der Waals surface area contributed by atoms with Crippen molar-refractivity contribution in [3.8, 4) is 5.75 Å². The first-order chi connectivity index (χ1) is 11.8. The van der Waals surface area contributed by atoms with Gasteiger partial charge in [-0.3, -0.25) is 4.90 Å². The van der Waals surface area contributed by atoms with E-state index in [0.29, 0.717) is 12.2 Å². The summed E-state index contributed by atoms with van der Waals surface area (Å²) in [5, 5.41) is 0.907. The molecule has 2 aromatic rings. The van der Waals surface area contributed by atoms with Crippen molar-refractivity contribution in [2.45, 2.75) is 25.7 Å². The molecule has 1 aliphatic heterocycles. The fourth-order valence-electron chi connectivity index (χ4n) is 2.94. The van der Waals surface area contributed by atoms with Crippen molar-refractivity contribution in [1.29, 1.82) is 0 Å². The van der Waals surface area contributed by atoms with Crippen LogP contribution in [0.25, 0.3) is 11.0 Å².